The maximum atomic E-state index is 12.6. The van der Waals surface area contributed by atoms with Crippen LogP contribution in [0, 0.1) is 0 Å². The Kier molecular flexibility index (Phi) is 2.27. The Hall–Kier alpha value is -2.48. The molecule has 2 aromatic carbocycles. The number of fused-ring (bicyclic) bond motifs is 3. The second-order valence-electron chi connectivity index (χ2n) is 5.29. The summed E-state index contributed by atoms with van der Waals surface area (Å²) >= 11 is 0. The van der Waals surface area contributed by atoms with Crippen molar-refractivity contribution in [1.82, 2.24) is 0 Å². The SMILES string of the molecule is O=C1CC=Cc2cc3c(cc21)C(=O)c1ccccc1C3. The lowest BCUT2D eigenvalue weighted by Crippen LogP contribution is -2.17. The third-order valence-electron chi connectivity index (χ3n) is 4.06. The number of carbonyl (C=O) groups excluding carboxylic acids is 2. The van der Waals surface area contributed by atoms with Crippen LogP contribution in [0.25, 0.3) is 6.08 Å². The summed E-state index contributed by atoms with van der Waals surface area (Å²) in [7, 11) is 0. The third kappa shape index (κ3) is 1.51. The van der Waals surface area contributed by atoms with Gasteiger partial charge in [-0.15, -0.1) is 0 Å². The average Bonchev–Trinajstić information content (AvgIpc) is 2.47. The summed E-state index contributed by atoms with van der Waals surface area (Å²) in [5, 5.41) is 0. The molecule has 0 amide bonds. The molecule has 0 heterocycles. The molecule has 4 rings (SSSR count). The van der Waals surface area contributed by atoms with Crippen LogP contribution in [0.5, 0.6) is 0 Å². The molecule has 0 saturated heterocycles. The molecule has 0 atom stereocenters. The molecule has 0 unspecified atom stereocenters. The van der Waals surface area contributed by atoms with Crippen molar-refractivity contribution in [2.24, 2.45) is 0 Å². The number of hydrogen-bond donors (Lipinski definition) is 0. The van der Waals surface area contributed by atoms with Gasteiger partial charge in [0.1, 0.15) is 0 Å². The minimum Gasteiger partial charge on any atom is -0.294 e. The maximum absolute atomic E-state index is 12.6. The molecule has 20 heavy (non-hydrogen) atoms. The molecular formula is C18H12O2. The molecule has 2 aromatic rings. The van der Waals surface area contributed by atoms with Crippen LogP contribution in [0.15, 0.2) is 42.5 Å². The largest absolute Gasteiger partial charge is 0.294 e. The predicted octanol–water partition coefficient (Wildman–Crippen LogP) is 3.42. The van der Waals surface area contributed by atoms with Gasteiger partial charge in [-0.05, 0) is 35.2 Å². The smallest absolute Gasteiger partial charge is 0.193 e. The molecule has 2 aliphatic rings. The Morgan fingerprint density at radius 1 is 0.850 bits per heavy atom. The van der Waals surface area contributed by atoms with Gasteiger partial charge < -0.3 is 0 Å². The molecule has 0 aromatic heterocycles. The molecule has 0 saturated carbocycles. The van der Waals surface area contributed by atoms with E-state index in [2.05, 4.69) is 0 Å². The van der Waals surface area contributed by atoms with Crippen LogP contribution >= 0.6 is 0 Å². The molecule has 0 spiro atoms. The van der Waals surface area contributed by atoms with Crippen molar-refractivity contribution < 1.29 is 9.59 Å². The number of carbonyl (C=O) groups is 2. The number of rotatable bonds is 0. The standard InChI is InChI=1S/C18H12O2/c19-17-7-3-5-12-9-13-8-11-4-1-2-6-14(11)18(20)16(13)10-15(12)17/h1-6,9-10H,7-8H2. The monoisotopic (exact) mass is 260 g/mol. The highest BCUT2D eigenvalue weighted by Crippen LogP contribution is 2.31. The Labute approximate surface area is 116 Å². The van der Waals surface area contributed by atoms with E-state index in [-0.39, 0.29) is 11.6 Å². The summed E-state index contributed by atoms with van der Waals surface area (Å²) in [4.78, 5) is 24.5. The van der Waals surface area contributed by atoms with Crippen LogP contribution in [0.3, 0.4) is 0 Å². The van der Waals surface area contributed by atoms with E-state index in [1.54, 1.807) is 6.07 Å². The van der Waals surface area contributed by atoms with Gasteiger partial charge in [0.2, 0.25) is 0 Å². The van der Waals surface area contributed by atoms with Crippen LogP contribution in [-0.2, 0) is 6.42 Å². The zero-order chi connectivity index (χ0) is 13.7. The molecular weight excluding hydrogens is 248 g/mol. The lowest BCUT2D eigenvalue weighted by atomic mass is 9.81. The molecule has 0 N–H and O–H groups in total. The van der Waals surface area contributed by atoms with Crippen molar-refractivity contribution in [1.29, 1.82) is 0 Å². The zero-order valence-electron chi connectivity index (χ0n) is 10.8. The van der Waals surface area contributed by atoms with E-state index in [4.69, 9.17) is 0 Å². The van der Waals surface area contributed by atoms with Gasteiger partial charge in [0.05, 0.1) is 0 Å². The summed E-state index contributed by atoms with van der Waals surface area (Å²) in [5.41, 5.74) is 5.15. The minimum atomic E-state index is 0.0343. The molecule has 2 aliphatic carbocycles. The molecule has 96 valence electrons. The Bertz CT molecular complexity index is 797. The van der Waals surface area contributed by atoms with Crippen molar-refractivity contribution in [3.63, 3.8) is 0 Å². The fourth-order valence-corrected chi connectivity index (χ4v) is 3.05. The topological polar surface area (TPSA) is 34.1 Å². The number of benzene rings is 2. The average molecular weight is 260 g/mol. The van der Waals surface area contributed by atoms with E-state index in [0.717, 1.165) is 28.7 Å². The number of hydrogen-bond acceptors (Lipinski definition) is 2. The van der Waals surface area contributed by atoms with Gasteiger partial charge in [0.25, 0.3) is 0 Å². The summed E-state index contributed by atoms with van der Waals surface area (Å²) in [6, 6.07) is 11.5. The van der Waals surface area contributed by atoms with Crippen molar-refractivity contribution in [3.05, 3.63) is 75.9 Å². The van der Waals surface area contributed by atoms with Gasteiger partial charge in [-0.3, -0.25) is 9.59 Å². The Morgan fingerprint density at radius 2 is 1.70 bits per heavy atom. The number of allylic oxidation sites excluding steroid dienone is 1. The quantitative estimate of drug-likeness (QED) is 0.620. The first-order chi connectivity index (χ1) is 9.74. The first-order valence-corrected chi connectivity index (χ1v) is 6.73. The lowest BCUT2D eigenvalue weighted by Gasteiger charge is -2.21. The second-order valence-corrected chi connectivity index (χ2v) is 5.29. The fourth-order valence-electron chi connectivity index (χ4n) is 3.05. The van der Waals surface area contributed by atoms with Crippen LogP contribution in [0.2, 0.25) is 0 Å². The van der Waals surface area contributed by atoms with E-state index < -0.39 is 0 Å². The second kappa shape index (κ2) is 4.01. The summed E-state index contributed by atoms with van der Waals surface area (Å²) in [6.45, 7) is 0. The van der Waals surface area contributed by atoms with Gasteiger partial charge in [-0.1, -0.05) is 36.4 Å². The van der Waals surface area contributed by atoms with Crippen LogP contribution in [-0.4, -0.2) is 11.6 Å². The molecule has 2 heteroatoms. The van der Waals surface area contributed by atoms with E-state index in [9.17, 15) is 9.59 Å². The summed E-state index contributed by atoms with van der Waals surface area (Å²) in [5.74, 6) is 0.129. The molecule has 0 bridgehead atoms. The van der Waals surface area contributed by atoms with Gasteiger partial charge in [-0.2, -0.15) is 0 Å². The van der Waals surface area contributed by atoms with E-state index >= 15 is 0 Å². The highest BCUT2D eigenvalue weighted by atomic mass is 16.1. The van der Waals surface area contributed by atoms with Gasteiger partial charge in [0.15, 0.2) is 11.6 Å². The Morgan fingerprint density at radius 3 is 2.60 bits per heavy atom. The normalized spacial score (nSPS) is 15.6. The van der Waals surface area contributed by atoms with Crippen molar-refractivity contribution in [2.45, 2.75) is 12.8 Å². The molecule has 2 nitrogen and oxygen atoms in total. The van der Waals surface area contributed by atoms with Crippen molar-refractivity contribution >= 4 is 17.6 Å². The first kappa shape index (κ1) is 11.4. The summed E-state index contributed by atoms with van der Waals surface area (Å²) < 4.78 is 0. The maximum Gasteiger partial charge on any atom is 0.193 e. The van der Waals surface area contributed by atoms with E-state index in [1.165, 1.54) is 0 Å². The number of ketones is 2. The zero-order valence-corrected chi connectivity index (χ0v) is 10.8. The van der Waals surface area contributed by atoms with E-state index in [0.29, 0.717) is 17.5 Å². The Balaban J connectivity index is 1.95. The molecule has 0 radical (unpaired) electrons. The number of Topliss-reactive ketones (excluding diaryl/α,β-unsaturated/α-hetero) is 1. The van der Waals surface area contributed by atoms with Crippen molar-refractivity contribution in [3.8, 4) is 0 Å². The van der Waals surface area contributed by atoms with Gasteiger partial charge in [0, 0.05) is 23.1 Å². The minimum absolute atomic E-state index is 0.0343. The van der Waals surface area contributed by atoms with Crippen LogP contribution in [0.1, 0.15) is 49.4 Å². The first-order valence-electron chi connectivity index (χ1n) is 6.73. The highest BCUT2D eigenvalue weighted by Gasteiger charge is 2.25. The predicted molar refractivity (Wildman–Crippen MR) is 77.1 cm³/mol. The summed E-state index contributed by atoms with van der Waals surface area (Å²) in [6.07, 6.45) is 5.04. The van der Waals surface area contributed by atoms with E-state index in [1.807, 2.05) is 42.5 Å². The molecule has 0 fully saturated rings. The van der Waals surface area contributed by atoms with Crippen LogP contribution in [0.4, 0.5) is 0 Å². The third-order valence-corrected chi connectivity index (χ3v) is 4.06. The highest BCUT2D eigenvalue weighted by molar-refractivity contribution is 6.14. The molecule has 0 aliphatic heterocycles. The fraction of sp³-hybridized carbons (Fsp3) is 0.111. The van der Waals surface area contributed by atoms with Gasteiger partial charge in [-0.25, -0.2) is 0 Å². The van der Waals surface area contributed by atoms with Crippen LogP contribution < -0.4 is 0 Å². The lowest BCUT2D eigenvalue weighted by molar-refractivity contribution is 0.0994. The van der Waals surface area contributed by atoms with Gasteiger partial charge >= 0.3 is 0 Å². The van der Waals surface area contributed by atoms with Crippen molar-refractivity contribution in [2.75, 3.05) is 0 Å².